The van der Waals surface area contributed by atoms with Gasteiger partial charge >= 0.3 is 0 Å². The van der Waals surface area contributed by atoms with Crippen molar-refractivity contribution in [2.45, 2.75) is 51.0 Å². The van der Waals surface area contributed by atoms with E-state index in [4.69, 9.17) is 14.1 Å². The number of nitrogens with zero attached hydrogens (tertiary/aromatic N) is 2. The summed E-state index contributed by atoms with van der Waals surface area (Å²) in [5, 5.41) is 3.67. The van der Waals surface area contributed by atoms with E-state index < -0.39 is 0 Å². The van der Waals surface area contributed by atoms with Crippen molar-refractivity contribution in [3.05, 3.63) is 24.2 Å². The van der Waals surface area contributed by atoms with Crippen LogP contribution in [0.1, 0.15) is 44.3 Å². The van der Waals surface area contributed by atoms with Crippen LogP contribution in [-0.2, 0) is 11.2 Å². The van der Waals surface area contributed by atoms with E-state index in [9.17, 15) is 0 Å². The molecule has 3 heterocycles. The summed E-state index contributed by atoms with van der Waals surface area (Å²) in [6.45, 7) is 4.84. The van der Waals surface area contributed by atoms with Crippen LogP contribution >= 0.6 is 0 Å². The maximum absolute atomic E-state index is 5.82. The number of furan rings is 1. The van der Waals surface area contributed by atoms with Crippen LogP contribution < -0.4 is 5.32 Å². The minimum Gasteiger partial charge on any atom is -0.469 e. The first-order chi connectivity index (χ1) is 11.8. The molecule has 1 unspecified atom stereocenters. The number of guanidine groups is 1. The fraction of sp³-hybridized carbons (Fsp3) is 0.737. The minimum absolute atomic E-state index is 0.351. The zero-order valence-electron chi connectivity index (χ0n) is 14.5. The summed E-state index contributed by atoms with van der Waals surface area (Å²) in [5.41, 5.74) is 0.351. The Morgan fingerprint density at radius 2 is 2.25 bits per heavy atom. The second kappa shape index (κ2) is 7.18. The fourth-order valence-corrected chi connectivity index (χ4v) is 3.99. The molecule has 0 radical (unpaired) electrons. The van der Waals surface area contributed by atoms with Crippen molar-refractivity contribution in [2.24, 2.45) is 10.4 Å². The van der Waals surface area contributed by atoms with Gasteiger partial charge in [0, 0.05) is 44.1 Å². The average Bonchev–Trinajstić information content (AvgIpc) is 3.27. The highest BCUT2D eigenvalue weighted by molar-refractivity contribution is 5.80. The summed E-state index contributed by atoms with van der Waals surface area (Å²) in [6.07, 6.45) is 10.2. The van der Waals surface area contributed by atoms with Crippen molar-refractivity contribution in [1.29, 1.82) is 0 Å². The monoisotopic (exact) mass is 331 g/mol. The summed E-state index contributed by atoms with van der Waals surface area (Å²) in [4.78, 5) is 7.40. The van der Waals surface area contributed by atoms with E-state index >= 15 is 0 Å². The molecule has 2 aliphatic heterocycles. The Balaban J connectivity index is 1.41. The molecule has 5 heteroatoms. The van der Waals surface area contributed by atoms with Crippen LogP contribution in [-0.4, -0.2) is 49.7 Å². The first-order valence-electron chi connectivity index (χ1n) is 9.49. The zero-order chi connectivity index (χ0) is 16.2. The molecule has 1 spiro atoms. The molecule has 2 saturated heterocycles. The van der Waals surface area contributed by atoms with Gasteiger partial charge in [0.15, 0.2) is 5.96 Å². The Bertz CT molecular complexity index is 539. The molecule has 4 rings (SSSR count). The van der Waals surface area contributed by atoms with Crippen molar-refractivity contribution < 1.29 is 9.15 Å². The number of ether oxygens (including phenoxy) is 1. The van der Waals surface area contributed by atoms with Crippen LogP contribution in [0.15, 0.2) is 27.8 Å². The van der Waals surface area contributed by atoms with Crippen molar-refractivity contribution in [2.75, 3.05) is 32.8 Å². The highest BCUT2D eigenvalue weighted by Crippen LogP contribution is 2.37. The number of nitrogens with one attached hydrogen (secondary N) is 1. The zero-order valence-corrected chi connectivity index (χ0v) is 14.5. The van der Waals surface area contributed by atoms with Crippen LogP contribution in [0.5, 0.6) is 0 Å². The fourth-order valence-electron chi connectivity index (χ4n) is 3.99. The van der Waals surface area contributed by atoms with E-state index in [1.165, 1.54) is 38.5 Å². The molecule has 0 aromatic carbocycles. The Morgan fingerprint density at radius 1 is 1.33 bits per heavy atom. The van der Waals surface area contributed by atoms with E-state index in [1.54, 1.807) is 6.26 Å². The highest BCUT2D eigenvalue weighted by Gasteiger charge is 2.39. The lowest BCUT2D eigenvalue weighted by Gasteiger charge is -2.45. The maximum atomic E-state index is 5.82. The second-order valence-corrected chi connectivity index (χ2v) is 7.63. The van der Waals surface area contributed by atoms with Crippen LogP contribution in [0.2, 0.25) is 0 Å². The second-order valence-electron chi connectivity index (χ2n) is 7.63. The van der Waals surface area contributed by atoms with Crippen molar-refractivity contribution in [3.8, 4) is 0 Å². The number of likely N-dealkylation sites (tertiary alicyclic amines) is 1. The third-order valence-electron chi connectivity index (χ3n) is 5.48. The summed E-state index contributed by atoms with van der Waals surface area (Å²) in [5.74, 6) is 2.12. The molecule has 0 bridgehead atoms. The Hall–Kier alpha value is -1.49. The SMILES string of the molecule is c1coc(CCN=C(NC2CC2)N2CCCC3(CCCOC3)C2)c1. The van der Waals surface area contributed by atoms with Crippen molar-refractivity contribution in [1.82, 2.24) is 10.2 Å². The number of hydrogen-bond donors (Lipinski definition) is 1. The van der Waals surface area contributed by atoms with Gasteiger partial charge in [-0.3, -0.25) is 4.99 Å². The average molecular weight is 331 g/mol. The summed E-state index contributed by atoms with van der Waals surface area (Å²) >= 11 is 0. The molecule has 1 aliphatic carbocycles. The van der Waals surface area contributed by atoms with Crippen LogP contribution in [0.3, 0.4) is 0 Å². The quantitative estimate of drug-likeness (QED) is 0.681. The van der Waals surface area contributed by atoms with E-state index in [0.717, 1.165) is 51.0 Å². The molecule has 1 aromatic rings. The van der Waals surface area contributed by atoms with Gasteiger partial charge < -0.3 is 19.4 Å². The van der Waals surface area contributed by atoms with Gasteiger partial charge in [0.05, 0.1) is 12.9 Å². The molecule has 24 heavy (non-hydrogen) atoms. The molecular weight excluding hydrogens is 302 g/mol. The molecule has 1 N–H and O–H groups in total. The van der Waals surface area contributed by atoms with Gasteiger partial charge in [0.25, 0.3) is 0 Å². The van der Waals surface area contributed by atoms with Gasteiger partial charge in [-0.1, -0.05) is 0 Å². The molecule has 3 aliphatic rings. The first kappa shape index (κ1) is 16.0. The van der Waals surface area contributed by atoms with Crippen LogP contribution in [0.25, 0.3) is 0 Å². The number of piperidine rings is 1. The lowest BCUT2D eigenvalue weighted by Crippen LogP contribution is -2.53. The first-order valence-corrected chi connectivity index (χ1v) is 9.49. The normalized spacial score (nSPS) is 28.3. The van der Waals surface area contributed by atoms with E-state index in [0.29, 0.717) is 11.5 Å². The Labute approximate surface area is 144 Å². The largest absolute Gasteiger partial charge is 0.469 e. The van der Waals surface area contributed by atoms with E-state index in [2.05, 4.69) is 10.2 Å². The third kappa shape index (κ3) is 3.94. The van der Waals surface area contributed by atoms with Gasteiger partial charge in [-0.05, 0) is 50.7 Å². The summed E-state index contributed by atoms with van der Waals surface area (Å²) in [7, 11) is 0. The molecule has 1 saturated carbocycles. The lowest BCUT2D eigenvalue weighted by molar-refractivity contribution is -0.0370. The molecular formula is C19H29N3O2. The molecule has 1 atom stereocenters. The Kier molecular flexibility index (Phi) is 4.79. The lowest BCUT2D eigenvalue weighted by atomic mass is 9.76. The molecule has 5 nitrogen and oxygen atoms in total. The summed E-state index contributed by atoms with van der Waals surface area (Å²) in [6, 6.07) is 4.60. The van der Waals surface area contributed by atoms with Gasteiger partial charge in [-0.2, -0.15) is 0 Å². The molecule has 132 valence electrons. The number of aliphatic imine (C=N–C) groups is 1. The molecule has 1 aromatic heterocycles. The Morgan fingerprint density at radius 3 is 3.00 bits per heavy atom. The summed E-state index contributed by atoms with van der Waals surface area (Å²) < 4.78 is 11.2. The highest BCUT2D eigenvalue weighted by atomic mass is 16.5. The smallest absolute Gasteiger partial charge is 0.194 e. The number of hydrogen-bond acceptors (Lipinski definition) is 3. The van der Waals surface area contributed by atoms with Gasteiger partial charge in [0.2, 0.25) is 0 Å². The standard InChI is InChI=1S/C19H29N3O2/c1-4-17(24-13-1)7-10-20-18(21-16-5-6-16)22-11-2-8-19(14-22)9-3-12-23-15-19/h1,4,13,16H,2-3,5-12,14-15H2,(H,20,21). The minimum atomic E-state index is 0.351. The van der Waals surface area contributed by atoms with Crippen molar-refractivity contribution >= 4 is 5.96 Å². The third-order valence-corrected chi connectivity index (χ3v) is 5.48. The van der Waals surface area contributed by atoms with E-state index in [-0.39, 0.29) is 0 Å². The predicted octanol–water partition coefficient (Wildman–Crippen LogP) is 2.82. The van der Waals surface area contributed by atoms with Gasteiger partial charge in [0.1, 0.15) is 5.76 Å². The van der Waals surface area contributed by atoms with Crippen LogP contribution in [0, 0.1) is 5.41 Å². The predicted molar refractivity (Wildman–Crippen MR) is 94.2 cm³/mol. The van der Waals surface area contributed by atoms with Crippen molar-refractivity contribution in [3.63, 3.8) is 0 Å². The maximum Gasteiger partial charge on any atom is 0.194 e. The molecule has 0 amide bonds. The molecule has 3 fully saturated rings. The van der Waals surface area contributed by atoms with E-state index in [1.807, 2.05) is 12.1 Å². The van der Waals surface area contributed by atoms with Gasteiger partial charge in [-0.25, -0.2) is 0 Å². The number of rotatable bonds is 4. The van der Waals surface area contributed by atoms with Crippen LogP contribution in [0.4, 0.5) is 0 Å². The van der Waals surface area contributed by atoms with Gasteiger partial charge in [-0.15, -0.1) is 0 Å². The topological polar surface area (TPSA) is 50.0 Å².